The van der Waals surface area contributed by atoms with Gasteiger partial charge in [-0.3, -0.25) is 4.79 Å². The zero-order valence-electron chi connectivity index (χ0n) is 10.6. The van der Waals surface area contributed by atoms with E-state index in [9.17, 15) is 9.90 Å². The van der Waals surface area contributed by atoms with Gasteiger partial charge < -0.3 is 16.2 Å². The Morgan fingerprint density at radius 3 is 2.78 bits per heavy atom. The molecule has 0 amide bonds. The average Bonchev–Trinajstić information content (AvgIpc) is 2.34. The molecule has 0 aromatic heterocycles. The van der Waals surface area contributed by atoms with Crippen molar-refractivity contribution < 1.29 is 9.90 Å². The number of Topliss-reactive ketones (excluding diaryl/α,β-unsaturated/α-hetero) is 1. The number of carbonyl (C=O) groups excluding carboxylic acids is 1. The molecular weight excluding hydrogens is 228 g/mol. The van der Waals surface area contributed by atoms with Crippen LogP contribution in [0.25, 0.3) is 0 Å². The van der Waals surface area contributed by atoms with Gasteiger partial charge in [-0.25, -0.2) is 0 Å². The van der Waals surface area contributed by atoms with Crippen LogP contribution in [0.1, 0.15) is 43.0 Å². The minimum Gasteiger partial charge on any atom is -0.398 e. The highest BCUT2D eigenvalue weighted by Gasteiger charge is 2.22. The predicted octanol–water partition coefficient (Wildman–Crippen LogP) is 2.19. The summed E-state index contributed by atoms with van der Waals surface area (Å²) >= 11 is 0. The van der Waals surface area contributed by atoms with Crippen LogP contribution in [0.5, 0.6) is 0 Å². The third-order valence-electron chi connectivity index (χ3n) is 3.51. The van der Waals surface area contributed by atoms with Crippen LogP contribution < -0.4 is 11.1 Å². The van der Waals surface area contributed by atoms with Gasteiger partial charge >= 0.3 is 0 Å². The van der Waals surface area contributed by atoms with E-state index >= 15 is 0 Å². The average molecular weight is 248 g/mol. The molecule has 0 radical (unpaired) electrons. The van der Waals surface area contributed by atoms with Crippen molar-refractivity contribution in [2.45, 2.75) is 44.8 Å². The Morgan fingerprint density at radius 2 is 2.11 bits per heavy atom. The molecule has 0 heterocycles. The van der Waals surface area contributed by atoms with Gasteiger partial charge in [0.05, 0.1) is 12.1 Å². The number of rotatable bonds is 3. The Kier molecular flexibility index (Phi) is 3.87. The van der Waals surface area contributed by atoms with E-state index < -0.39 is 0 Å². The van der Waals surface area contributed by atoms with Crippen LogP contribution in [0.4, 0.5) is 11.4 Å². The summed E-state index contributed by atoms with van der Waals surface area (Å²) in [4.78, 5) is 11.4. The molecule has 0 saturated heterocycles. The number of anilines is 2. The normalized spacial score (nSPS) is 23.7. The first kappa shape index (κ1) is 12.9. The quantitative estimate of drug-likeness (QED) is 0.566. The third kappa shape index (κ3) is 2.82. The number of nitrogen functional groups attached to an aromatic ring is 1. The smallest absolute Gasteiger partial charge is 0.161 e. The molecule has 18 heavy (non-hydrogen) atoms. The fourth-order valence-electron chi connectivity index (χ4n) is 2.44. The summed E-state index contributed by atoms with van der Waals surface area (Å²) in [5, 5.41) is 13.2. The number of aliphatic hydroxyl groups is 1. The molecule has 1 aliphatic rings. The van der Waals surface area contributed by atoms with Gasteiger partial charge in [0.2, 0.25) is 0 Å². The van der Waals surface area contributed by atoms with Crippen LogP contribution in [0.3, 0.4) is 0 Å². The number of carbonyl (C=O) groups is 1. The second kappa shape index (κ2) is 5.40. The van der Waals surface area contributed by atoms with Crippen molar-refractivity contribution in [3.05, 3.63) is 23.8 Å². The zero-order valence-corrected chi connectivity index (χ0v) is 10.6. The van der Waals surface area contributed by atoms with E-state index in [-0.39, 0.29) is 17.9 Å². The third-order valence-corrected chi connectivity index (χ3v) is 3.51. The molecule has 1 aliphatic carbocycles. The van der Waals surface area contributed by atoms with E-state index in [4.69, 9.17) is 5.73 Å². The molecule has 1 fully saturated rings. The molecule has 2 atom stereocenters. The molecule has 4 heteroatoms. The Morgan fingerprint density at radius 1 is 1.39 bits per heavy atom. The molecule has 1 aromatic carbocycles. The second-order valence-electron chi connectivity index (χ2n) is 4.96. The number of ketones is 1. The van der Waals surface area contributed by atoms with Crippen LogP contribution in [0.15, 0.2) is 18.2 Å². The lowest BCUT2D eigenvalue weighted by Gasteiger charge is -2.29. The highest BCUT2D eigenvalue weighted by Crippen LogP contribution is 2.24. The molecule has 0 aliphatic heterocycles. The molecule has 1 saturated carbocycles. The van der Waals surface area contributed by atoms with Gasteiger partial charge in [-0.05, 0) is 38.0 Å². The molecule has 98 valence electrons. The zero-order chi connectivity index (χ0) is 13.1. The topological polar surface area (TPSA) is 75.3 Å². The summed E-state index contributed by atoms with van der Waals surface area (Å²) in [5.74, 6) is -0.0413. The number of aliphatic hydroxyl groups excluding tert-OH is 1. The molecule has 2 unspecified atom stereocenters. The minimum atomic E-state index is -0.308. The Balaban J connectivity index is 2.14. The summed E-state index contributed by atoms with van der Waals surface area (Å²) < 4.78 is 0. The lowest BCUT2D eigenvalue weighted by molar-refractivity contribution is 0.101. The van der Waals surface area contributed by atoms with E-state index in [0.717, 1.165) is 31.4 Å². The minimum absolute atomic E-state index is 0.0413. The summed E-state index contributed by atoms with van der Waals surface area (Å²) in [7, 11) is 0. The molecule has 4 N–H and O–H groups in total. The fraction of sp³-hybridized carbons (Fsp3) is 0.500. The van der Waals surface area contributed by atoms with Gasteiger partial charge in [0.15, 0.2) is 5.78 Å². The Bertz CT molecular complexity index is 445. The SMILES string of the molecule is CC(=O)c1cc(NC2CCCCC2O)ccc1N. The van der Waals surface area contributed by atoms with Crippen molar-refractivity contribution in [3.8, 4) is 0 Å². The second-order valence-corrected chi connectivity index (χ2v) is 4.96. The Hall–Kier alpha value is -1.55. The van der Waals surface area contributed by atoms with Crippen LogP contribution in [-0.2, 0) is 0 Å². The van der Waals surface area contributed by atoms with Gasteiger partial charge in [0.1, 0.15) is 0 Å². The molecule has 2 rings (SSSR count). The maximum absolute atomic E-state index is 11.4. The number of hydrogen-bond donors (Lipinski definition) is 3. The van der Waals surface area contributed by atoms with Gasteiger partial charge in [0, 0.05) is 16.9 Å². The fourth-order valence-corrected chi connectivity index (χ4v) is 2.44. The lowest BCUT2D eigenvalue weighted by atomic mass is 9.92. The van der Waals surface area contributed by atoms with E-state index in [1.54, 1.807) is 12.1 Å². The maximum atomic E-state index is 11.4. The number of nitrogens with one attached hydrogen (secondary N) is 1. The monoisotopic (exact) mass is 248 g/mol. The van der Waals surface area contributed by atoms with E-state index in [1.165, 1.54) is 6.92 Å². The summed E-state index contributed by atoms with van der Waals surface area (Å²) in [5.41, 5.74) is 7.63. The van der Waals surface area contributed by atoms with Crippen LogP contribution in [-0.4, -0.2) is 23.0 Å². The van der Waals surface area contributed by atoms with E-state index in [2.05, 4.69) is 5.32 Å². The van der Waals surface area contributed by atoms with Crippen molar-refractivity contribution in [2.24, 2.45) is 0 Å². The lowest BCUT2D eigenvalue weighted by Crippen LogP contribution is -2.36. The van der Waals surface area contributed by atoms with Crippen molar-refractivity contribution in [1.29, 1.82) is 0 Å². The summed E-state index contributed by atoms with van der Waals surface area (Å²) in [6, 6.07) is 5.42. The first-order chi connectivity index (χ1) is 8.58. The number of hydrogen-bond acceptors (Lipinski definition) is 4. The Labute approximate surface area is 107 Å². The molecule has 0 bridgehead atoms. The van der Waals surface area contributed by atoms with Crippen LogP contribution in [0, 0.1) is 0 Å². The summed E-state index contributed by atoms with van der Waals surface area (Å²) in [6.07, 6.45) is 3.70. The first-order valence-electron chi connectivity index (χ1n) is 6.43. The van der Waals surface area contributed by atoms with E-state index in [1.807, 2.05) is 6.07 Å². The number of benzene rings is 1. The highest BCUT2D eigenvalue weighted by molar-refractivity contribution is 6.00. The van der Waals surface area contributed by atoms with Gasteiger partial charge in [0.25, 0.3) is 0 Å². The first-order valence-corrected chi connectivity index (χ1v) is 6.43. The molecule has 4 nitrogen and oxygen atoms in total. The van der Waals surface area contributed by atoms with Crippen molar-refractivity contribution in [2.75, 3.05) is 11.1 Å². The van der Waals surface area contributed by atoms with Gasteiger partial charge in [-0.15, -0.1) is 0 Å². The molecule has 1 aromatic rings. The van der Waals surface area contributed by atoms with Crippen LogP contribution in [0.2, 0.25) is 0 Å². The number of nitrogens with two attached hydrogens (primary N) is 1. The molecular formula is C14H20N2O2. The standard InChI is InChI=1S/C14H20N2O2/c1-9(17)11-8-10(6-7-12(11)15)16-13-4-2-3-5-14(13)18/h6-8,13-14,16,18H,2-5,15H2,1H3. The van der Waals surface area contributed by atoms with E-state index in [0.29, 0.717) is 11.3 Å². The van der Waals surface area contributed by atoms with Crippen molar-refractivity contribution >= 4 is 17.2 Å². The predicted molar refractivity (Wildman–Crippen MR) is 72.7 cm³/mol. The maximum Gasteiger partial charge on any atom is 0.161 e. The van der Waals surface area contributed by atoms with Crippen LogP contribution >= 0.6 is 0 Å². The van der Waals surface area contributed by atoms with Crippen molar-refractivity contribution in [3.63, 3.8) is 0 Å². The van der Waals surface area contributed by atoms with Gasteiger partial charge in [-0.1, -0.05) is 12.8 Å². The highest BCUT2D eigenvalue weighted by atomic mass is 16.3. The van der Waals surface area contributed by atoms with Gasteiger partial charge in [-0.2, -0.15) is 0 Å². The summed E-state index contributed by atoms with van der Waals surface area (Å²) in [6.45, 7) is 1.50. The van der Waals surface area contributed by atoms with Crippen molar-refractivity contribution in [1.82, 2.24) is 0 Å². The molecule has 0 spiro atoms. The largest absolute Gasteiger partial charge is 0.398 e.